The first-order valence-corrected chi connectivity index (χ1v) is 10.7. The lowest BCUT2D eigenvalue weighted by atomic mass is 10.1. The molecule has 29 heavy (non-hydrogen) atoms. The second kappa shape index (κ2) is 9.87. The molecule has 7 nitrogen and oxygen atoms in total. The quantitative estimate of drug-likeness (QED) is 0.440. The normalized spacial score (nSPS) is 12.4. The fraction of sp³-hybridized carbons (Fsp3) is 0.300. The Bertz CT molecular complexity index is 957. The molecule has 0 saturated carbocycles. The van der Waals surface area contributed by atoms with Gasteiger partial charge in [-0.05, 0) is 62.4 Å². The van der Waals surface area contributed by atoms with Gasteiger partial charge in [-0.1, -0.05) is 11.6 Å². The molecule has 0 amide bonds. The molecule has 156 valence electrons. The number of esters is 1. The first kappa shape index (κ1) is 22.9. The minimum absolute atomic E-state index is 0.00397. The molecule has 0 aliphatic rings. The zero-order valence-corrected chi connectivity index (χ0v) is 17.9. The molecule has 1 unspecified atom stereocenters. The van der Waals surface area contributed by atoms with Gasteiger partial charge in [-0.15, -0.1) is 0 Å². The number of benzene rings is 2. The molecule has 0 spiro atoms. The highest BCUT2D eigenvalue weighted by Gasteiger charge is 2.26. The lowest BCUT2D eigenvalue weighted by Gasteiger charge is -2.18. The smallest absolute Gasteiger partial charge is 0.322 e. The molecule has 9 heteroatoms. The van der Waals surface area contributed by atoms with Crippen molar-refractivity contribution in [2.75, 3.05) is 20.2 Å². The van der Waals surface area contributed by atoms with Crippen molar-refractivity contribution in [2.24, 2.45) is 0 Å². The fourth-order valence-corrected chi connectivity index (χ4v) is 3.70. The summed E-state index contributed by atoms with van der Waals surface area (Å²) in [6, 6.07) is 12.0. The number of carbonyl (C=O) groups excluding carboxylic acids is 2. The van der Waals surface area contributed by atoms with Crippen molar-refractivity contribution in [1.82, 2.24) is 4.31 Å². The van der Waals surface area contributed by atoms with Crippen LogP contribution in [-0.2, 0) is 19.6 Å². The standard InChI is InChI=1S/C20H22ClNO6S/c1-4-27-17-9-5-15(6-10-17)20(24)14(2)28-19(23)13-22(3)29(25,26)18-11-7-16(21)8-12-18/h5-12,14H,4,13H2,1-3H3. The van der Waals surface area contributed by atoms with E-state index >= 15 is 0 Å². The molecule has 2 aromatic rings. The van der Waals surface area contributed by atoms with E-state index in [1.165, 1.54) is 38.2 Å². The molecule has 0 saturated heterocycles. The van der Waals surface area contributed by atoms with E-state index in [4.69, 9.17) is 21.1 Å². The number of carbonyl (C=O) groups is 2. The number of nitrogens with zero attached hydrogens (tertiary/aromatic N) is 1. The van der Waals surface area contributed by atoms with Gasteiger partial charge in [0.1, 0.15) is 12.3 Å². The van der Waals surface area contributed by atoms with Crippen LogP contribution in [0.2, 0.25) is 5.02 Å². The summed E-state index contributed by atoms with van der Waals surface area (Å²) in [6.45, 7) is 3.26. The molecule has 2 aromatic carbocycles. The third-order valence-corrected chi connectivity index (χ3v) is 6.07. The molecule has 0 radical (unpaired) electrons. The molecule has 0 aliphatic carbocycles. The second-order valence-electron chi connectivity index (χ2n) is 6.17. The molecule has 0 aromatic heterocycles. The van der Waals surface area contributed by atoms with Crippen LogP contribution in [0.25, 0.3) is 0 Å². The Morgan fingerprint density at radius 1 is 1.07 bits per heavy atom. The molecule has 0 bridgehead atoms. The first-order chi connectivity index (χ1) is 13.6. The average Bonchev–Trinajstić information content (AvgIpc) is 2.68. The van der Waals surface area contributed by atoms with Crippen LogP contribution in [0.1, 0.15) is 24.2 Å². The monoisotopic (exact) mass is 439 g/mol. The number of sulfonamides is 1. The molecule has 0 N–H and O–H groups in total. The SMILES string of the molecule is CCOc1ccc(C(=O)C(C)OC(=O)CN(C)S(=O)(=O)c2ccc(Cl)cc2)cc1. The van der Waals surface area contributed by atoms with E-state index < -0.39 is 34.4 Å². The van der Waals surface area contributed by atoms with E-state index in [9.17, 15) is 18.0 Å². The summed E-state index contributed by atoms with van der Waals surface area (Å²) in [4.78, 5) is 24.6. The van der Waals surface area contributed by atoms with Crippen LogP contribution in [0, 0.1) is 0 Å². The summed E-state index contributed by atoms with van der Waals surface area (Å²) in [5.41, 5.74) is 0.357. The topological polar surface area (TPSA) is 90.0 Å². The van der Waals surface area contributed by atoms with Crippen LogP contribution in [0.5, 0.6) is 5.75 Å². The van der Waals surface area contributed by atoms with Crippen LogP contribution >= 0.6 is 11.6 Å². The number of likely N-dealkylation sites (N-methyl/N-ethyl adjacent to an activating group) is 1. The van der Waals surface area contributed by atoms with E-state index in [-0.39, 0.29) is 4.90 Å². The Morgan fingerprint density at radius 3 is 2.21 bits per heavy atom. The van der Waals surface area contributed by atoms with E-state index in [0.29, 0.717) is 22.9 Å². The van der Waals surface area contributed by atoms with Gasteiger partial charge in [0.2, 0.25) is 15.8 Å². The average molecular weight is 440 g/mol. The lowest BCUT2D eigenvalue weighted by molar-refractivity contribution is -0.146. The number of hydrogen-bond acceptors (Lipinski definition) is 6. The van der Waals surface area contributed by atoms with Crippen molar-refractivity contribution in [3.63, 3.8) is 0 Å². The molecule has 2 rings (SSSR count). The highest BCUT2D eigenvalue weighted by Crippen LogP contribution is 2.18. The summed E-state index contributed by atoms with van der Waals surface area (Å²) < 4.78 is 36.3. The van der Waals surface area contributed by atoms with Gasteiger partial charge in [0.25, 0.3) is 0 Å². The Balaban J connectivity index is 1.98. The second-order valence-corrected chi connectivity index (χ2v) is 8.65. The molecular weight excluding hydrogens is 418 g/mol. The minimum Gasteiger partial charge on any atom is -0.494 e. The van der Waals surface area contributed by atoms with Crippen LogP contribution in [0.15, 0.2) is 53.4 Å². The predicted octanol–water partition coefficient (Wildman–Crippen LogP) is 3.17. The Hall–Kier alpha value is -2.42. The Labute approximate surface area is 175 Å². The lowest BCUT2D eigenvalue weighted by Crippen LogP contribution is -2.35. The molecule has 1 atom stereocenters. The van der Waals surface area contributed by atoms with E-state index in [2.05, 4.69) is 0 Å². The van der Waals surface area contributed by atoms with Gasteiger partial charge in [0.15, 0.2) is 6.10 Å². The molecule has 0 heterocycles. The zero-order valence-electron chi connectivity index (χ0n) is 16.3. The summed E-state index contributed by atoms with van der Waals surface area (Å²) in [5.74, 6) is -0.607. The van der Waals surface area contributed by atoms with Gasteiger partial charge in [-0.25, -0.2) is 8.42 Å². The van der Waals surface area contributed by atoms with Gasteiger partial charge < -0.3 is 9.47 Å². The molecule has 0 fully saturated rings. The van der Waals surface area contributed by atoms with Crippen molar-refractivity contribution in [1.29, 1.82) is 0 Å². The predicted molar refractivity (Wildman–Crippen MR) is 109 cm³/mol. The third kappa shape index (κ3) is 6.03. The maximum atomic E-state index is 12.5. The van der Waals surface area contributed by atoms with Crippen LogP contribution in [0.4, 0.5) is 0 Å². The summed E-state index contributed by atoms with van der Waals surface area (Å²) in [5, 5.41) is 0.396. The third-order valence-electron chi connectivity index (χ3n) is 4.00. The van der Waals surface area contributed by atoms with Gasteiger partial charge in [0.05, 0.1) is 11.5 Å². The van der Waals surface area contributed by atoms with E-state index in [1.807, 2.05) is 6.92 Å². The van der Waals surface area contributed by atoms with Crippen LogP contribution in [0.3, 0.4) is 0 Å². The van der Waals surface area contributed by atoms with Crippen molar-refractivity contribution < 1.29 is 27.5 Å². The van der Waals surface area contributed by atoms with Gasteiger partial charge in [-0.3, -0.25) is 9.59 Å². The summed E-state index contributed by atoms with van der Waals surface area (Å²) >= 11 is 5.77. The molecule has 0 aliphatic heterocycles. The van der Waals surface area contributed by atoms with Crippen LogP contribution < -0.4 is 4.74 Å². The van der Waals surface area contributed by atoms with Gasteiger partial charge >= 0.3 is 5.97 Å². The summed E-state index contributed by atoms with van der Waals surface area (Å²) in [7, 11) is -2.64. The fourth-order valence-electron chi connectivity index (χ4n) is 2.46. The highest BCUT2D eigenvalue weighted by atomic mass is 35.5. The highest BCUT2D eigenvalue weighted by molar-refractivity contribution is 7.89. The minimum atomic E-state index is -3.89. The van der Waals surface area contributed by atoms with E-state index in [1.54, 1.807) is 24.3 Å². The number of rotatable bonds is 9. The Morgan fingerprint density at radius 2 is 1.66 bits per heavy atom. The van der Waals surface area contributed by atoms with Gasteiger partial charge in [-0.2, -0.15) is 4.31 Å². The summed E-state index contributed by atoms with van der Waals surface area (Å²) in [6.07, 6.45) is -1.06. The van der Waals surface area contributed by atoms with Gasteiger partial charge in [0, 0.05) is 17.6 Å². The maximum Gasteiger partial charge on any atom is 0.322 e. The Kier molecular flexibility index (Phi) is 7.78. The molecular formula is C20H22ClNO6S. The maximum absolute atomic E-state index is 12.5. The number of Topliss-reactive ketones (excluding diaryl/α,β-unsaturated/α-hetero) is 1. The zero-order chi connectivity index (χ0) is 21.6. The van der Waals surface area contributed by atoms with Crippen molar-refractivity contribution in [2.45, 2.75) is 24.8 Å². The van der Waals surface area contributed by atoms with Crippen LogP contribution in [-0.4, -0.2) is 50.8 Å². The van der Waals surface area contributed by atoms with Crippen molar-refractivity contribution in [3.8, 4) is 5.75 Å². The van der Waals surface area contributed by atoms with Crippen molar-refractivity contribution in [3.05, 3.63) is 59.1 Å². The van der Waals surface area contributed by atoms with Crippen molar-refractivity contribution >= 4 is 33.4 Å². The number of hydrogen-bond donors (Lipinski definition) is 0. The van der Waals surface area contributed by atoms with E-state index in [0.717, 1.165) is 4.31 Å². The number of ketones is 1. The first-order valence-electron chi connectivity index (χ1n) is 8.83. The number of halogens is 1. The number of ether oxygens (including phenoxy) is 2. The largest absolute Gasteiger partial charge is 0.494 e.